The van der Waals surface area contributed by atoms with Gasteiger partial charge in [0.05, 0.1) is 0 Å². The van der Waals surface area contributed by atoms with Crippen LogP contribution in [0.2, 0.25) is 0 Å². The molecule has 1 aliphatic carbocycles. The number of aliphatic hydroxyl groups excluding tert-OH is 1. The number of hydrogen-bond acceptors (Lipinski definition) is 2. The zero-order valence-corrected chi connectivity index (χ0v) is 6.66. The van der Waals surface area contributed by atoms with Gasteiger partial charge in [-0.15, -0.1) is 0 Å². The number of aliphatic hydroxyl groups is 1. The van der Waals surface area contributed by atoms with E-state index in [9.17, 15) is 5.11 Å². The number of hydrogen-bond donors (Lipinski definition) is 1. The molecule has 1 saturated carbocycles. The van der Waals surface area contributed by atoms with E-state index in [-0.39, 0.29) is 5.60 Å². The minimum Gasteiger partial charge on any atom is -0.484 e. The molecular formula is C10H10O2. The quantitative estimate of drug-likeness (QED) is 0.628. The lowest BCUT2D eigenvalue weighted by atomic mass is 10.1. The average Bonchev–Trinajstić information content (AvgIpc) is 2.79. The lowest BCUT2D eigenvalue weighted by molar-refractivity contribution is 0.0489. The highest BCUT2D eigenvalue weighted by atomic mass is 16.5. The largest absolute Gasteiger partial charge is 0.484 e. The Morgan fingerprint density at radius 3 is 2.75 bits per heavy atom. The van der Waals surface area contributed by atoms with Crippen LogP contribution in [-0.4, -0.2) is 10.7 Å². The molecule has 1 aromatic rings. The maximum absolute atomic E-state index is 9.85. The highest BCUT2D eigenvalue weighted by Crippen LogP contribution is 2.56. The van der Waals surface area contributed by atoms with Gasteiger partial charge in [-0.2, -0.15) is 0 Å². The Kier molecular flexibility index (Phi) is 0.989. The van der Waals surface area contributed by atoms with Crippen molar-refractivity contribution in [1.82, 2.24) is 0 Å². The summed E-state index contributed by atoms with van der Waals surface area (Å²) in [5.41, 5.74) is 0.721. The Bertz CT molecular complexity index is 328. The van der Waals surface area contributed by atoms with Crippen LogP contribution in [0.5, 0.6) is 5.75 Å². The van der Waals surface area contributed by atoms with E-state index in [2.05, 4.69) is 0 Å². The van der Waals surface area contributed by atoms with Gasteiger partial charge < -0.3 is 9.84 Å². The molecule has 0 bridgehead atoms. The molecule has 62 valence electrons. The first-order valence-corrected chi connectivity index (χ1v) is 4.28. The molecule has 0 saturated heterocycles. The molecule has 0 radical (unpaired) electrons. The lowest BCUT2D eigenvalue weighted by Crippen LogP contribution is -2.19. The Hall–Kier alpha value is -1.02. The minimum atomic E-state index is -0.395. The van der Waals surface area contributed by atoms with Gasteiger partial charge in [-0.05, 0) is 18.9 Å². The van der Waals surface area contributed by atoms with E-state index in [1.54, 1.807) is 0 Å². The Morgan fingerprint density at radius 1 is 1.33 bits per heavy atom. The summed E-state index contributed by atoms with van der Waals surface area (Å²) in [6.45, 7) is 0. The first kappa shape index (κ1) is 6.49. The van der Waals surface area contributed by atoms with Crippen LogP contribution >= 0.6 is 0 Å². The number of benzene rings is 1. The van der Waals surface area contributed by atoms with Gasteiger partial charge in [0.25, 0.3) is 0 Å². The normalized spacial score (nSPS) is 28.2. The monoisotopic (exact) mass is 162 g/mol. The highest BCUT2D eigenvalue weighted by Gasteiger charge is 2.57. The van der Waals surface area contributed by atoms with Crippen molar-refractivity contribution in [1.29, 1.82) is 0 Å². The van der Waals surface area contributed by atoms with E-state index in [4.69, 9.17) is 4.74 Å². The average molecular weight is 162 g/mol. The van der Waals surface area contributed by atoms with Crippen LogP contribution in [-0.2, 0) is 0 Å². The van der Waals surface area contributed by atoms with Crippen LogP contribution in [0.1, 0.15) is 24.5 Å². The second-order valence-corrected chi connectivity index (χ2v) is 3.61. The maximum Gasteiger partial charge on any atom is 0.139 e. The van der Waals surface area contributed by atoms with E-state index < -0.39 is 6.10 Å². The number of para-hydroxylation sites is 1. The number of rotatable bonds is 0. The maximum atomic E-state index is 9.85. The first-order valence-electron chi connectivity index (χ1n) is 4.28. The molecule has 1 atom stereocenters. The summed E-state index contributed by atoms with van der Waals surface area (Å²) in [7, 11) is 0. The van der Waals surface area contributed by atoms with E-state index >= 15 is 0 Å². The second-order valence-electron chi connectivity index (χ2n) is 3.61. The van der Waals surface area contributed by atoms with Crippen molar-refractivity contribution in [3.05, 3.63) is 29.8 Å². The summed E-state index contributed by atoms with van der Waals surface area (Å²) >= 11 is 0. The fourth-order valence-electron chi connectivity index (χ4n) is 1.86. The molecule has 0 amide bonds. The molecule has 3 rings (SSSR count). The van der Waals surface area contributed by atoms with Crippen molar-refractivity contribution < 1.29 is 9.84 Å². The summed E-state index contributed by atoms with van der Waals surface area (Å²) in [5.74, 6) is 0.863. The molecule has 12 heavy (non-hydrogen) atoms. The molecule has 0 aromatic heterocycles. The minimum absolute atomic E-state index is 0.232. The second kappa shape index (κ2) is 1.83. The summed E-state index contributed by atoms with van der Waals surface area (Å²) in [4.78, 5) is 0. The zero-order valence-electron chi connectivity index (χ0n) is 6.66. The van der Waals surface area contributed by atoms with Crippen LogP contribution in [0.4, 0.5) is 0 Å². The van der Waals surface area contributed by atoms with Gasteiger partial charge >= 0.3 is 0 Å². The Balaban J connectivity index is 2.13. The zero-order chi connectivity index (χ0) is 8.18. The molecule has 2 heteroatoms. The predicted molar refractivity (Wildman–Crippen MR) is 44.0 cm³/mol. The smallest absolute Gasteiger partial charge is 0.139 e. The van der Waals surface area contributed by atoms with Crippen LogP contribution in [0.3, 0.4) is 0 Å². The summed E-state index contributed by atoms with van der Waals surface area (Å²) in [6, 6.07) is 7.73. The fraction of sp³-hybridized carbons (Fsp3) is 0.400. The highest BCUT2D eigenvalue weighted by molar-refractivity contribution is 5.43. The van der Waals surface area contributed by atoms with Crippen LogP contribution in [0.25, 0.3) is 0 Å². The summed E-state index contributed by atoms with van der Waals surface area (Å²) in [5, 5.41) is 9.85. The molecular weight excluding hydrogens is 152 g/mol. The van der Waals surface area contributed by atoms with Gasteiger partial charge in [-0.1, -0.05) is 18.2 Å². The van der Waals surface area contributed by atoms with E-state index in [0.717, 1.165) is 24.2 Å². The van der Waals surface area contributed by atoms with Gasteiger partial charge in [0, 0.05) is 5.56 Å². The van der Waals surface area contributed by atoms with Crippen LogP contribution in [0, 0.1) is 0 Å². The molecule has 2 aliphatic rings. The summed E-state index contributed by atoms with van der Waals surface area (Å²) in [6.07, 6.45) is 1.58. The molecule has 1 N–H and O–H groups in total. The molecule has 1 aliphatic heterocycles. The van der Waals surface area contributed by atoms with Gasteiger partial charge in [0.1, 0.15) is 17.5 Å². The third kappa shape index (κ3) is 0.636. The third-order valence-corrected chi connectivity index (χ3v) is 2.77. The predicted octanol–water partition coefficient (Wildman–Crippen LogP) is 1.65. The molecule has 2 nitrogen and oxygen atoms in total. The molecule has 1 spiro atoms. The summed E-state index contributed by atoms with van der Waals surface area (Å²) < 4.78 is 5.67. The van der Waals surface area contributed by atoms with Crippen molar-refractivity contribution >= 4 is 0 Å². The topological polar surface area (TPSA) is 29.5 Å². The van der Waals surface area contributed by atoms with E-state index in [1.807, 2.05) is 24.3 Å². The third-order valence-electron chi connectivity index (χ3n) is 2.77. The molecule has 1 fully saturated rings. The number of fused-ring (bicyclic) bond motifs is 1. The standard InChI is InChI=1S/C10H10O2/c11-9-7-3-1-2-4-8(7)12-10(9)5-6-10/h1-4,9,11H,5-6H2. The van der Waals surface area contributed by atoms with Crippen molar-refractivity contribution in [2.75, 3.05) is 0 Å². The SMILES string of the molecule is OC1c2ccccc2OC12CC2. The molecule has 1 unspecified atom stereocenters. The lowest BCUT2D eigenvalue weighted by Gasteiger charge is -2.10. The van der Waals surface area contributed by atoms with Crippen molar-refractivity contribution in [3.63, 3.8) is 0 Å². The van der Waals surface area contributed by atoms with Gasteiger partial charge in [0.15, 0.2) is 0 Å². The van der Waals surface area contributed by atoms with Crippen molar-refractivity contribution in [2.45, 2.75) is 24.5 Å². The van der Waals surface area contributed by atoms with Gasteiger partial charge in [-0.25, -0.2) is 0 Å². The molecule has 1 heterocycles. The van der Waals surface area contributed by atoms with Gasteiger partial charge in [0.2, 0.25) is 0 Å². The number of ether oxygens (including phenoxy) is 1. The molecule has 1 aromatic carbocycles. The van der Waals surface area contributed by atoms with Crippen molar-refractivity contribution in [3.8, 4) is 5.75 Å². The van der Waals surface area contributed by atoms with Crippen LogP contribution in [0.15, 0.2) is 24.3 Å². The van der Waals surface area contributed by atoms with E-state index in [0.29, 0.717) is 0 Å². The first-order chi connectivity index (χ1) is 5.82. The fourth-order valence-corrected chi connectivity index (χ4v) is 1.86. The van der Waals surface area contributed by atoms with E-state index in [1.165, 1.54) is 0 Å². The van der Waals surface area contributed by atoms with Gasteiger partial charge in [-0.3, -0.25) is 0 Å². The van der Waals surface area contributed by atoms with Crippen molar-refractivity contribution in [2.24, 2.45) is 0 Å². The Labute approximate surface area is 70.8 Å². The van der Waals surface area contributed by atoms with Crippen LogP contribution < -0.4 is 4.74 Å². The Morgan fingerprint density at radius 2 is 2.08 bits per heavy atom.